The van der Waals surface area contributed by atoms with Gasteiger partial charge in [-0.1, -0.05) is 23.7 Å². The SMILES string of the molecule is C[C@H]1OC(N)=N[C@H]1CCc1ccc(NC(=O)c2ccc(Cl)cc2)cc1. The molecule has 1 aliphatic heterocycles. The van der Waals surface area contributed by atoms with E-state index >= 15 is 0 Å². The first-order chi connectivity index (χ1) is 12.0. The van der Waals surface area contributed by atoms with Gasteiger partial charge in [-0.3, -0.25) is 4.79 Å². The van der Waals surface area contributed by atoms with Crippen LogP contribution in [-0.4, -0.2) is 24.1 Å². The molecule has 2 aromatic carbocycles. The highest BCUT2D eigenvalue weighted by molar-refractivity contribution is 6.30. The number of ether oxygens (including phenoxy) is 1. The summed E-state index contributed by atoms with van der Waals surface area (Å²) in [7, 11) is 0. The van der Waals surface area contributed by atoms with Gasteiger partial charge in [-0.15, -0.1) is 0 Å². The maximum atomic E-state index is 12.2. The van der Waals surface area contributed by atoms with Gasteiger partial charge >= 0.3 is 0 Å². The third-order valence-electron chi connectivity index (χ3n) is 4.19. The smallest absolute Gasteiger partial charge is 0.282 e. The normalized spacial score (nSPS) is 19.2. The summed E-state index contributed by atoms with van der Waals surface area (Å²) in [5.74, 6) is -0.161. The number of rotatable bonds is 5. The molecule has 6 heteroatoms. The Balaban J connectivity index is 1.55. The fourth-order valence-electron chi connectivity index (χ4n) is 2.74. The molecule has 3 N–H and O–H groups in total. The van der Waals surface area contributed by atoms with Crippen molar-refractivity contribution in [1.82, 2.24) is 0 Å². The number of nitrogens with two attached hydrogens (primary N) is 1. The first-order valence-corrected chi connectivity index (χ1v) is 8.55. The van der Waals surface area contributed by atoms with E-state index in [1.165, 1.54) is 5.56 Å². The number of aliphatic imine (C=N–C) groups is 1. The number of hydrogen-bond acceptors (Lipinski definition) is 4. The summed E-state index contributed by atoms with van der Waals surface area (Å²) < 4.78 is 5.35. The molecule has 1 heterocycles. The van der Waals surface area contributed by atoms with Crippen LogP contribution in [0.4, 0.5) is 5.69 Å². The number of carbonyl (C=O) groups excluding carboxylic acids is 1. The van der Waals surface area contributed by atoms with E-state index in [4.69, 9.17) is 22.1 Å². The topological polar surface area (TPSA) is 76.7 Å². The first kappa shape index (κ1) is 17.3. The fourth-order valence-corrected chi connectivity index (χ4v) is 2.87. The van der Waals surface area contributed by atoms with E-state index in [1.54, 1.807) is 24.3 Å². The minimum atomic E-state index is -0.161. The number of anilines is 1. The molecular weight excluding hydrogens is 338 g/mol. The lowest BCUT2D eigenvalue weighted by molar-refractivity contribution is 0.102. The number of benzene rings is 2. The molecule has 5 nitrogen and oxygen atoms in total. The third kappa shape index (κ3) is 4.51. The van der Waals surface area contributed by atoms with Crippen LogP contribution >= 0.6 is 11.6 Å². The number of halogens is 1. The number of amides is 1. The van der Waals surface area contributed by atoms with Crippen LogP contribution in [0, 0.1) is 0 Å². The summed E-state index contributed by atoms with van der Waals surface area (Å²) in [6.45, 7) is 1.98. The van der Waals surface area contributed by atoms with E-state index in [9.17, 15) is 4.79 Å². The predicted molar refractivity (Wildman–Crippen MR) is 100 cm³/mol. The molecular formula is C19H20ClN3O2. The van der Waals surface area contributed by atoms with E-state index < -0.39 is 0 Å². The summed E-state index contributed by atoms with van der Waals surface area (Å²) in [6.07, 6.45) is 1.77. The standard InChI is InChI=1S/C19H20ClN3O2/c1-12-17(23-19(21)25-12)11-4-13-2-9-16(10-3-13)22-18(24)14-5-7-15(20)8-6-14/h2-3,5-10,12,17H,4,11H2,1H3,(H2,21,23)(H,22,24)/t12-,17+/m1/s1. The zero-order valence-electron chi connectivity index (χ0n) is 13.9. The Labute approximate surface area is 151 Å². The Morgan fingerprint density at radius 2 is 1.88 bits per heavy atom. The van der Waals surface area contributed by atoms with Gasteiger partial charge in [0.1, 0.15) is 6.10 Å². The average Bonchev–Trinajstić information content (AvgIpc) is 2.92. The van der Waals surface area contributed by atoms with Crippen molar-refractivity contribution in [2.75, 3.05) is 5.32 Å². The second-order valence-corrected chi connectivity index (χ2v) is 6.49. The second kappa shape index (κ2) is 7.57. The van der Waals surface area contributed by atoms with Crippen molar-refractivity contribution in [3.63, 3.8) is 0 Å². The van der Waals surface area contributed by atoms with Crippen molar-refractivity contribution in [3.05, 3.63) is 64.7 Å². The number of nitrogens with one attached hydrogen (secondary N) is 1. The average molecular weight is 358 g/mol. The molecule has 2 atom stereocenters. The lowest BCUT2D eigenvalue weighted by Crippen LogP contribution is -2.20. The molecule has 0 radical (unpaired) electrons. The van der Waals surface area contributed by atoms with Crippen LogP contribution < -0.4 is 11.1 Å². The largest absolute Gasteiger partial charge is 0.460 e. The van der Waals surface area contributed by atoms with Crippen LogP contribution in [-0.2, 0) is 11.2 Å². The van der Waals surface area contributed by atoms with E-state index in [2.05, 4.69) is 10.3 Å². The molecule has 0 saturated carbocycles. The van der Waals surface area contributed by atoms with Gasteiger partial charge in [-0.25, -0.2) is 4.99 Å². The van der Waals surface area contributed by atoms with Crippen molar-refractivity contribution in [3.8, 4) is 0 Å². The maximum absolute atomic E-state index is 12.2. The van der Waals surface area contributed by atoms with Gasteiger partial charge in [-0.2, -0.15) is 0 Å². The van der Waals surface area contributed by atoms with Gasteiger partial charge in [0.05, 0.1) is 6.04 Å². The number of hydrogen-bond donors (Lipinski definition) is 2. The zero-order valence-corrected chi connectivity index (χ0v) is 14.7. The van der Waals surface area contributed by atoms with Gasteiger partial charge in [-0.05, 0) is 61.7 Å². The Morgan fingerprint density at radius 1 is 1.20 bits per heavy atom. The molecule has 2 aromatic rings. The molecule has 0 fully saturated rings. The highest BCUT2D eigenvalue weighted by Gasteiger charge is 2.25. The molecule has 0 spiro atoms. The Morgan fingerprint density at radius 3 is 2.48 bits per heavy atom. The summed E-state index contributed by atoms with van der Waals surface area (Å²) in [5, 5.41) is 3.48. The molecule has 3 rings (SSSR count). The number of aryl methyl sites for hydroxylation is 1. The third-order valence-corrected chi connectivity index (χ3v) is 4.44. The number of amidine groups is 1. The Bertz CT molecular complexity index is 772. The van der Waals surface area contributed by atoms with E-state index in [1.807, 2.05) is 31.2 Å². The number of carbonyl (C=O) groups is 1. The quantitative estimate of drug-likeness (QED) is 0.857. The van der Waals surface area contributed by atoms with Crippen LogP contribution in [0.1, 0.15) is 29.3 Å². The fraction of sp³-hybridized carbons (Fsp3) is 0.263. The van der Waals surface area contributed by atoms with Crippen molar-refractivity contribution in [1.29, 1.82) is 0 Å². The van der Waals surface area contributed by atoms with Gasteiger partial charge < -0.3 is 15.8 Å². The Kier molecular flexibility index (Phi) is 5.24. The highest BCUT2D eigenvalue weighted by atomic mass is 35.5. The zero-order chi connectivity index (χ0) is 17.8. The van der Waals surface area contributed by atoms with Crippen LogP contribution in [0.2, 0.25) is 5.02 Å². The van der Waals surface area contributed by atoms with Crippen LogP contribution in [0.3, 0.4) is 0 Å². The van der Waals surface area contributed by atoms with E-state index in [0.29, 0.717) is 10.6 Å². The van der Waals surface area contributed by atoms with Gasteiger partial charge in [0.25, 0.3) is 11.9 Å². The summed E-state index contributed by atoms with van der Waals surface area (Å²) in [5.41, 5.74) is 8.09. The first-order valence-electron chi connectivity index (χ1n) is 8.17. The molecule has 0 aliphatic carbocycles. The van der Waals surface area contributed by atoms with Crippen LogP contribution in [0.15, 0.2) is 53.5 Å². The van der Waals surface area contributed by atoms with Crippen LogP contribution in [0.25, 0.3) is 0 Å². The van der Waals surface area contributed by atoms with Crippen molar-refractivity contribution in [2.45, 2.75) is 31.9 Å². The minimum Gasteiger partial charge on any atom is -0.460 e. The number of nitrogens with zero attached hydrogens (tertiary/aromatic N) is 1. The summed E-state index contributed by atoms with van der Waals surface area (Å²) >= 11 is 5.83. The van der Waals surface area contributed by atoms with E-state index in [0.717, 1.165) is 18.5 Å². The van der Waals surface area contributed by atoms with Crippen molar-refractivity contribution in [2.24, 2.45) is 10.7 Å². The molecule has 25 heavy (non-hydrogen) atoms. The van der Waals surface area contributed by atoms with Gasteiger partial charge in [0.2, 0.25) is 0 Å². The minimum absolute atomic E-state index is 0.0259. The molecule has 0 unspecified atom stereocenters. The lowest BCUT2D eigenvalue weighted by atomic mass is 10.0. The Hall–Kier alpha value is -2.53. The van der Waals surface area contributed by atoms with Crippen molar-refractivity contribution >= 4 is 29.2 Å². The van der Waals surface area contributed by atoms with Crippen molar-refractivity contribution < 1.29 is 9.53 Å². The summed E-state index contributed by atoms with van der Waals surface area (Å²) in [6, 6.07) is 15.0. The predicted octanol–water partition coefficient (Wildman–Crippen LogP) is 3.63. The van der Waals surface area contributed by atoms with E-state index in [-0.39, 0.29) is 24.1 Å². The van der Waals surface area contributed by atoms with Gasteiger partial charge in [0.15, 0.2) is 0 Å². The van der Waals surface area contributed by atoms with Crippen LogP contribution in [0.5, 0.6) is 0 Å². The molecule has 1 amide bonds. The lowest BCUT2D eigenvalue weighted by Gasteiger charge is -2.12. The second-order valence-electron chi connectivity index (χ2n) is 6.05. The molecule has 0 bridgehead atoms. The molecule has 130 valence electrons. The summed E-state index contributed by atoms with van der Waals surface area (Å²) in [4.78, 5) is 16.5. The molecule has 1 aliphatic rings. The monoisotopic (exact) mass is 357 g/mol. The van der Waals surface area contributed by atoms with Gasteiger partial charge in [0, 0.05) is 16.3 Å². The highest BCUT2D eigenvalue weighted by Crippen LogP contribution is 2.19. The molecule has 0 saturated heterocycles. The molecule has 0 aromatic heterocycles. The maximum Gasteiger partial charge on any atom is 0.282 e.